The highest BCUT2D eigenvalue weighted by molar-refractivity contribution is 7.92. The van der Waals surface area contributed by atoms with Gasteiger partial charge in [-0.3, -0.25) is 4.79 Å². The highest BCUT2D eigenvalue weighted by Gasteiger charge is 2.21. The molecule has 5 aromatic rings. The maximum Gasteiger partial charge on any atom is 0.266 e. The molecule has 9 heteroatoms. The molecule has 188 valence electrons. The maximum atomic E-state index is 13.4. The van der Waals surface area contributed by atoms with E-state index in [-0.39, 0.29) is 16.7 Å². The van der Waals surface area contributed by atoms with Crippen LogP contribution in [0.3, 0.4) is 0 Å². The molecule has 2 heterocycles. The van der Waals surface area contributed by atoms with Crippen LogP contribution < -0.4 is 10.0 Å². The van der Waals surface area contributed by atoms with Crippen molar-refractivity contribution < 1.29 is 17.7 Å². The minimum absolute atomic E-state index is 0.0425. The van der Waals surface area contributed by atoms with Crippen LogP contribution in [0.15, 0.2) is 82.2 Å². The number of aromatic nitrogens is 1. The Morgan fingerprint density at radius 2 is 1.65 bits per heavy atom. The quantitative estimate of drug-likeness (QED) is 0.251. The van der Waals surface area contributed by atoms with E-state index in [2.05, 4.69) is 39.5 Å². The predicted octanol–water partition coefficient (Wildman–Crippen LogP) is 6.46. The van der Waals surface area contributed by atoms with Gasteiger partial charge < -0.3 is 9.84 Å². The molecule has 5 rings (SSSR count). The summed E-state index contributed by atoms with van der Waals surface area (Å²) in [5.74, 6) is -0.148. The van der Waals surface area contributed by atoms with Crippen LogP contribution in [0, 0.1) is 20.8 Å². The van der Waals surface area contributed by atoms with Crippen molar-refractivity contribution >= 4 is 48.9 Å². The van der Waals surface area contributed by atoms with E-state index in [0.29, 0.717) is 28.2 Å². The summed E-state index contributed by atoms with van der Waals surface area (Å²) in [5.41, 5.74) is 5.01. The molecule has 0 aliphatic heterocycles. The second kappa shape index (κ2) is 9.84. The minimum Gasteiger partial charge on any atom is -0.337 e. The summed E-state index contributed by atoms with van der Waals surface area (Å²) in [4.78, 5) is 14.0. The lowest BCUT2D eigenvalue weighted by atomic mass is 10.0. The standard InChI is InChI=1S/C28H25N3O4S2/c1-17-8-10-20(11-9-17)16-24-23-6-4-5-7-25(23)36-26(24)27(32)29-21-12-14-22(15-13-21)37(33,34)31-28-18(2)19(3)30-35-28/h4-15,31H,16H2,1-3H3,(H,29,32). The summed E-state index contributed by atoms with van der Waals surface area (Å²) in [5, 5.41) is 7.76. The van der Waals surface area contributed by atoms with Gasteiger partial charge in [-0.05, 0) is 74.0 Å². The number of thiophene rings is 1. The fraction of sp³-hybridized carbons (Fsp3) is 0.143. The molecule has 0 fully saturated rings. The van der Waals surface area contributed by atoms with Gasteiger partial charge >= 0.3 is 0 Å². The molecule has 0 spiro atoms. The number of fused-ring (bicyclic) bond motifs is 1. The third-order valence-corrected chi connectivity index (χ3v) is 8.77. The van der Waals surface area contributed by atoms with Crippen molar-refractivity contribution in [3.63, 3.8) is 0 Å². The molecule has 7 nitrogen and oxygen atoms in total. The molecule has 0 saturated carbocycles. The van der Waals surface area contributed by atoms with Gasteiger partial charge in [-0.25, -0.2) is 13.1 Å². The monoisotopic (exact) mass is 531 g/mol. The Morgan fingerprint density at radius 1 is 0.946 bits per heavy atom. The number of amides is 1. The Bertz CT molecular complexity index is 1700. The summed E-state index contributed by atoms with van der Waals surface area (Å²) in [6.07, 6.45) is 0.635. The zero-order valence-electron chi connectivity index (χ0n) is 20.5. The molecule has 0 aliphatic carbocycles. The highest BCUT2D eigenvalue weighted by Crippen LogP contribution is 2.34. The van der Waals surface area contributed by atoms with Gasteiger partial charge in [-0.2, -0.15) is 0 Å². The second-order valence-corrected chi connectivity index (χ2v) is 11.6. The predicted molar refractivity (Wildman–Crippen MR) is 147 cm³/mol. The summed E-state index contributed by atoms with van der Waals surface area (Å²) < 4.78 is 34.1. The molecule has 0 bridgehead atoms. The van der Waals surface area contributed by atoms with Crippen LogP contribution in [0.2, 0.25) is 0 Å². The van der Waals surface area contributed by atoms with E-state index in [1.807, 2.05) is 31.2 Å². The van der Waals surface area contributed by atoms with Gasteiger partial charge in [-0.15, -0.1) is 11.3 Å². The van der Waals surface area contributed by atoms with Gasteiger partial charge in [0.25, 0.3) is 15.9 Å². The smallest absolute Gasteiger partial charge is 0.266 e. The molecule has 2 N–H and O–H groups in total. The number of aryl methyl sites for hydroxylation is 2. The average molecular weight is 532 g/mol. The van der Waals surface area contributed by atoms with Crippen LogP contribution in [-0.2, 0) is 16.4 Å². The molecule has 0 aliphatic rings. The van der Waals surface area contributed by atoms with Crippen LogP contribution in [0.4, 0.5) is 11.6 Å². The van der Waals surface area contributed by atoms with Crippen LogP contribution in [-0.4, -0.2) is 19.5 Å². The fourth-order valence-corrected chi connectivity index (χ4v) is 6.13. The molecule has 0 saturated heterocycles. The molecular formula is C28H25N3O4S2. The van der Waals surface area contributed by atoms with Crippen molar-refractivity contribution in [3.8, 4) is 0 Å². The number of hydrogen-bond acceptors (Lipinski definition) is 6. The number of benzene rings is 3. The lowest BCUT2D eigenvalue weighted by Gasteiger charge is -2.09. The Morgan fingerprint density at radius 3 is 2.32 bits per heavy atom. The summed E-state index contributed by atoms with van der Waals surface area (Å²) in [6.45, 7) is 5.51. The SMILES string of the molecule is Cc1ccc(Cc2c(C(=O)Nc3ccc(S(=O)(=O)Nc4onc(C)c4C)cc3)sc3ccccc23)cc1. The molecule has 0 atom stereocenters. The van der Waals surface area contributed by atoms with Crippen LogP contribution >= 0.6 is 11.3 Å². The first-order chi connectivity index (χ1) is 17.7. The highest BCUT2D eigenvalue weighted by atomic mass is 32.2. The molecule has 2 aromatic heterocycles. The Balaban J connectivity index is 1.38. The third-order valence-electron chi connectivity index (χ3n) is 6.21. The summed E-state index contributed by atoms with van der Waals surface area (Å²) >= 11 is 1.45. The number of hydrogen-bond donors (Lipinski definition) is 2. The number of carbonyl (C=O) groups excluding carboxylic acids is 1. The van der Waals surface area contributed by atoms with Crippen molar-refractivity contribution in [1.82, 2.24) is 5.16 Å². The number of anilines is 2. The summed E-state index contributed by atoms with van der Waals surface area (Å²) in [6, 6.07) is 22.3. The molecule has 3 aromatic carbocycles. The number of rotatable bonds is 7. The van der Waals surface area contributed by atoms with Gasteiger partial charge in [0, 0.05) is 16.0 Å². The first-order valence-electron chi connectivity index (χ1n) is 11.6. The van der Waals surface area contributed by atoms with Crippen LogP contribution in [0.25, 0.3) is 10.1 Å². The first-order valence-corrected chi connectivity index (χ1v) is 13.9. The summed E-state index contributed by atoms with van der Waals surface area (Å²) in [7, 11) is -3.88. The van der Waals surface area contributed by atoms with E-state index in [1.54, 1.807) is 26.0 Å². The van der Waals surface area contributed by atoms with Crippen molar-refractivity contribution in [3.05, 3.63) is 106 Å². The first kappa shape index (κ1) is 24.7. The lowest BCUT2D eigenvalue weighted by molar-refractivity contribution is 0.103. The molecule has 0 unspecified atom stereocenters. The Kier molecular flexibility index (Phi) is 6.57. The molecule has 0 radical (unpaired) electrons. The zero-order valence-corrected chi connectivity index (χ0v) is 22.2. The topological polar surface area (TPSA) is 101 Å². The van der Waals surface area contributed by atoms with E-state index < -0.39 is 10.0 Å². The molecule has 37 heavy (non-hydrogen) atoms. The van der Waals surface area contributed by atoms with E-state index in [9.17, 15) is 13.2 Å². The third kappa shape index (κ3) is 5.14. The normalized spacial score (nSPS) is 11.5. The fourth-order valence-electron chi connectivity index (χ4n) is 3.96. The number of carbonyl (C=O) groups is 1. The van der Waals surface area contributed by atoms with Gasteiger partial charge in [0.2, 0.25) is 5.88 Å². The van der Waals surface area contributed by atoms with E-state index in [0.717, 1.165) is 21.2 Å². The average Bonchev–Trinajstić information content (AvgIpc) is 3.40. The number of nitrogens with one attached hydrogen (secondary N) is 2. The van der Waals surface area contributed by atoms with E-state index >= 15 is 0 Å². The Labute approximate surface area is 219 Å². The van der Waals surface area contributed by atoms with Gasteiger partial charge in [0.1, 0.15) is 0 Å². The van der Waals surface area contributed by atoms with E-state index in [4.69, 9.17) is 4.52 Å². The maximum absolute atomic E-state index is 13.4. The minimum atomic E-state index is -3.88. The van der Waals surface area contributed by atoms with Crippen LogP contribution in [0.1, 0.15) is 37.6 Å². The second-order valence-electron chi connectivity index (χ2n) is 8.87. The van der Waals surface area contributed by atoms with Gasteiger partial charge in [0.15, 0.2) is 0 Å². The van der Waals surface area contributed by atoms with Crippen molar-refractivity contribution in [1.29, 1.82) is 0 Å². The zero-order chi connectivity index (χ0) is 26.2. The number of sulfonamides is 1. The molecular weight excluding hydrogens is 506 g/mol. The van der Waals surface area contributed by atoms with Crippen molar-refractivity contribution in [2.24, 2.45) is 0 Å². The largest absolute Gasteiger partial charge is 0.337 e. The van der Waals surface area contributed by atoms with Crippen molar-refractivity contribution in [2.75, 3.05) is 10.0 Å². The van der Waals surface area contributed by atoms with Gasteiger partial charge in [0.05, 0.1) is 15.5 Å². The number of nitrogens with zero attached hydrogens (tertiary/aromatic N) is 1. The van der Waals surface area contributed by atoms with E-state index in [1.165, 1.54) is 29.0 Å². The lowest BCUT2D eigenvalue weighted by Crippen LogP contribution is -2.14. The van der Waals surface area contributed by atoms with Crippen LogP contribution in [0.5, 0.6) is 0 Å². The Hall–Kier alpha value is -3.95. The van der Waals surface area contributed by atoms with Gasteiger partial charge in [-0.1, -0.05) is 53.2 Å². The molecule has 1 amide bonds. The van der Waals surface area contributed by atoms with Crippen molar-refractivity contribution in [2.45, 2.75) is 32.1 Å².